The second kappa shape index (κ2) is 6.87. The molecule has 5 heteroatoms. The number of carbonyl (C=O) groups is 1. The van der Waals surface area contributed by atoms with E-state index in [9.17, 15) is 4.79 Å². The monoisotopic (exact) mass is 360 g/mol. The molecule has 0 bridgehead atoms. The Morgan fingerprint density at radius 1 is 1.33 bits per heavy atom. The molecule has 1 aromatic carbocycles. The first-order chi connectivity index (χ1) is 11.7. The van der Waals surface area contributed by atoms with Crippen molar-refractivity contribution in [3.63, 3.8) is 0 Å². The Labute approximate surface area is 151 Å². The molecule has 1 aromatic heterocycles. The molecule has 0 spiro atoms. The van der Waals surface area contributed by atoms with E-state index < -0.39 is 0 Å². The smallest absolute Gasteiger partial charge is 0.223 e. The lowest BCUT2D eigenvalue weighted by atomic mass is 10.1. The van der Waals surface area contributed by atoms with Gasteiger partial charge in [-0.1, -0.05) is 29.8 Å². The maximum Gasteiger partial charge on any atom is 0.223 e. The summed E-state index contributed by atoms with van der Waals surface area (Å²) in [6.07, 6.45) is 2.05. The van der Waals surface area contributed by atoms with Gasteiger partial charge in [-0.15, -0.1) is 11.3 Å². The fourth-order valence-electron chi connectivity index (χ4n) is 3.57. The zero-order valence-corrected chi connectivity index (χ0v) is 15.1. The van der Waals surface area contributed by atoms with E-state index in [1.54, 1.807) is 0 Å². The SMILES string of the molecule is O=C(NCCN1CCc2sccc2C1)C1CC1c1ccccc1Cl. The van der Waals surface area contributed by atoms with Gasteiger partial charge in [0.25, 0.3) is 0 Å². The van der Waals surface area contributed by atoms with Crippen molar-refractivity contribution in [2.45, 2.75) is 25.3 Å². The molecule has 2 heterocycles. The number of hydrogen-bond donors (Lipinski definition) is 1. The number of nitrogens with one attached hydrogen (secondary N) is 1. The number of nitrogens with zero attached hydrogens (tertiary/aromatic N) is 1. The molecule has 1 aliphatic heterocycles. The van der Waals surface area contributed by atoms with Gasteiger partial charge < -0.3 is 5.32 Å². The normalized spacial score (nSPS) is 22.9. The fraction of sp³-hybridized carbons (Fsp3) is 0.421. The Morgan fingerprint density at radius 2 is 2.21 bits per heavy atom. The van der Waals surface area contributed by atoms with Crippen molar-refractivity contribution >= 4 is 28.8 Å². The van der Waals surface area contributed by atoms with E-state index in [4.69, 9.17) is 11.6 Å². The van der Waals surface area contributed by atoms with Crippen molar-refractivity contribution < 1.29 is 4.79 Å². The van der Waals surface area contributed by atoms with Crippen LogP contribution in [-0.4, -0.2) is 30.4 Å². The fourth-order valence-corrected chi connectivity index (χ4v) is 4.74. The van der Waals surface area contributed by atoms with Crippen LogP contribution in [0.5, 0.6) is 0 Å². The third-order valence-corrected chi connectivity index (χ3v) is 6.41. The van der Waals surface area contributed by atoms with Gasteiger partial charge in [0.2, 0.25) is 5.91 Å². The number of halogens is 1. The van der Waals surface area contributed by atoms with Crippen molar-refractivity contribution in [2.75, 3.05) is 19.6 Å². The van der Waals surface area contributed by atoms with E-state index in [-0.39, 0.29) is 11.8 Å². The Kier molecular flexibility index (Phi) is 4.61. The number of fused-ring (bicyclic) bond motifs is 1. The average molecular weight is 361 g/mol. The van der Waals surface area contributed by atoms with Crippen LogP contribution in [-0.2, 0) is 17.8 Å². The quantitative estimate of drug-likeness (QED) is 0.882. The van der Waals surface area contributed by atoms with Crippen LogP contribution in [0.2, 0.25) is 5.02 Å². The molecule has 2 atom stereocenters. The molecular formula is C19H21ClN2OS. The predicted molar refractivity (Wildman–Crippen MR) is 98.6 cm³/mol. The highest BCUT2D eigenvalue weighted by Gasteiger charge is 2.44. The molecule has 126 valence electrons. The number of hydrogen-bond acceptors (Lipinski definition) is 3. The molecule has 2 unspecified atom stereocenters. The summed E-state index contributed by atoms with van der Waals surface area (Å²) in [4.78, 5) is 16.3. The third-order valence-electron chi connectivity index (χ3n) is 5.05. The number of amides is 1. The van der Waals surface area contributed by atoms with Crippen LogP contribution in [0.25, 0.3) is 0 Å². The Hall–Kier alpha value is -1.36. The van der Waals surface area contributed by atoms with E-state index in [1.165, 1.54) is 10.4 Å². The third kappa shape index (κ3) is 3.37. The topological polar surface area (TPSA) is 32.3 Å². The molecule has 1 aliphatic carbocycles. The summed E-state index contributed by atoms with van der Waals surface area (Å²) < 4.78 is 0. The Bertz CT molecular complexity index is 744. The van der Waals surface area contributed by atoms with Gasteiger partial charge in [-0.05, 0) is 47.4 Å². The lowest BCUT2D eigenvalue weighted by molar-refractivity contribution is -0.122. The van der Waals surface area contributed by atoms with Crippen LogP contribution in [0.1, 0.15) is 28.3 Å². The second-order valence-electron chi connectivity index (χ2n) is 6.66. The minimum Gasteiger partial charge on any atom is -0.355 e. The second-order valence-corrected chi connectivity index (χ2v) is 8.06. The molecule has 2 aliphatic rings. The van der Waals surface area contributed by atoms with E-state index in [0.29, 0.717) is 5.92 Å². The van der Waals surface area contributed by atoms with E-state index in [1.807, 2.05) is 35.6 Å². The number of benzene rings is 1. The minimum absolute atomic E-state index is 0.0923. The van der Waals surface area contributed by atoms with Crippen LogP contribution >= 0.6 is 22.9 Å². The molecule has 0 radical (unpaired) electrons. The molecule has 1 amide bonds. The molecule has 2 aromatic rings. The summed E-state index contributed by atoms with van der Waals surface area (Å²) in [7, 11) is 0. The lowest BCUT2D eigenvalue weighted by Gasteiger charge is -2.26. The van der Waals surface area contributed by atoms with Crippen LogP contribution in [0.15, 0.2) is 35.7 Å². The summed E-state index contributed by atoms with van der Waals surface area (Å²) in [6, 6.07) is 10.1. The van der Waals surface area contributed by atoms with Gasteiger partial charge in [0.1, 0.15) is 0 Å². The highest BCUT2D eigenvalue weighted by molar-refractivity contribution is 7.10. The van der Waals surface area contributed by atoms with Crippen molar-refractivity contribution in [3.8, 4) is 0 Å². The summed E-state index contributed by atoms with van der Waals surface area (Å²) in [5.41, 5.74) is 2.57. The zero-order valence-electron chi connectivity index (χ0n) is 13.5. The molecule has 1 N–H and O–H groups in total. The molecule has 3 nitrogen and oxygen atoms in total. The van der Waals surface area contributed by atoms with Crippen LogP contribution in [0.4, 0.5) is 0 Å². The predicted octanol–water partition coefficient (Wildman–Crippen LogP) is 3.68. The number of carbonyl (C=O) groups excluding carboxylic acids is 1. The molecule has 0 saturated heterocycles. The molecule has 1 saturated carbocycles. The molecule has 4 rings (SSSR count). The van der Waals surface area contributed by atoms with Crippen LogP contribution < -0.4 is 5.32 Å². The first-order valence-corrected chi connectivity index (χ1v) is 9.78. The van der Waals surface area contributed by atoms with Gasteiger partial charge in [0.15, 0.2) is 0 Å². The maximum absolute atomic E-state index is 12.3. The van der Waals surface area contributed by atoms with Gasteiger partial charge in [-0.2, -0.15) is 0 Å². The van der Waals surface area contributed by atoms with Gasteiger partial charge in [0.05, 0.1) is 0 Å². The van der Waals surface area contributed by atoms with Crippen molar-refractivity contribution in [2.24, 2.45) is 5.92 Å². The van der Waals surface area contributed by atoms with Gasteiger partial charge in [-0.3, -0.25) is 9.69 Å². The van der Waals surface area contributed by atoms with Gasteiger partial charge >= 0.3 is 0 Å². The van der Waals surface area contributed by atoms with Gasteiger partial charge in [-0.25, -0.2) is 0 Å². The van der Waals surface area contributed by atoms with Crippen molar-refractivity contribution in [3.05, 3.63) is 56.7 Å². The summed E-state index contributed by atoms with van der Waals surface area (Å²) in [6.45, 7) is 3.75. The standard InChI is InChI=1S/C19H21ClN2OS/c20-17-4-2-1-3-14(17)15-11-16(15)19(23)21-7-9-22-8-5-18-13(12-22)6-10-24-18/h1-4,6,10,15-16H,5,7-9,11-12H2,(H,21,23). The van der Waals surface area contributed by atoms with Crippen LogP contribution in [0, 0.1) is 5.92 Å². The summed E-state index contributed by atoms with van der Waals surface area (Å²) >= 11 is 8.09. The average Bonchev–Trinajstić information content (AvgIpc) is 3.24. The largest absolute Gasteiger partial charge is 0.355 e. The zero-order chi connectivity index (χ0) is 16.5. The molecule has 1 fully saturated rings. The van der Waals surface area contributed by atoms with E-state index >= 15 is 0 Å². The first kappa shape index (κ1) is 16.1. The Morgan fingerprint density at radius 3 is 3.08 bits per heavy atom. The molecular weight excluding hydrogens is 340 g/mol. The van der Waals surface area contributed by atoms with Crippen molar-refractivity contribution in [1.82, 2.24) is 10.2 Å². The lowest BCUT2D eigenvalue weighted by Crippen LogP contribution is -2.38. The Balaban J connectivity index is 1.23. The minimum atomic E-state index is 0.0923. The van der Waals surface area contributed by atoms with Gasteiger partial charge in [0, 0.05) is 42.0 Å². The molecule has 24 heavy (non-hydrogen) atoms. The summed E-state index contributed by atoms with van der Waals surface area (Å²) in [5, 5.41) is 6.06. The highest BCUT2D eigenvalue weighted by atomic mass is 35.5. The van der Waals surface area contributed by atoms with Crippen molar-refractivity contribution in [1.29, 1.82) is 0 Å². The first-order valence-electron chi connectivity index (χ1n) is 8.52. The summed E-state index contributed by atoms with van der Waals surface area (Å²) in [5.74, 6) is 0.560. The highest BCUT2D eigenvalue weighted by Crippen LogP contribution is 2.49. The van der Waals surface area contributed by atoms with Crippen LogP contribution in [0.3, 0.4) is 0 Å². The van der Waals surface area contributed by atoms with E-state index in [2.05, 4.69) is 21.7 Å². The van der Waals surface area contributed by atoms with E-state index in [0.717, 1.165) is 49.6 Å². The number of rotatable bonds is 5. The number of thiophene rings is 1. The maximum atomic E-state index is 12.3.